The van der Waals surface area contributed by atoms with Crippen LogP contribution < -0.4 is 4.90 Å². The predicted octanol–water partition coefficient (Wildman–Crippen LogP) is 3.47. The van der Waals surface area contributed by atoms with Crippen LogP contribution in [-0.2, 0) is 11.9 Å². The molecule has 0 unspecified atom stereocenters. The minimum absolute atomic E-state index is 0.0613. The molecule has 3 heterocycles. The van der Waals surface area contributed by atoms with Crippen molar-refractivity contribution in [1.82, 2.24) is 25.1 Å². The fraction of sp³-hybridized carbons (Fsp3) is 0.300. The summed E-state index contributed by atoms with van der Waals surface area (Å²) >= 11 is 1.46. The summed E-state index contributed by atoms with van der Waals surface area (Å²) in [6.07, 6.45) is -2.13. The number of benzene rings is 1. The monoisotopic (exact) mass is 448 g/mol. The van der Waals surface area contributed by atoms with Gasteiger partial charge in [-0.2, -0.15) is 18.3 Å². The van der Waals surface area contributed by atoms with Gasteiger partial charge in [-0.25, -0.2) is 9.97 Å². The number of piperazine rings is 1. The fourth-order valence-corrected chi connectivity index (χ4v) is 4.10. The summed E-state index contributed by atoms with van der Waals surface area (Å²) in [7, 11) is 0. The van der Waals surface area contributed by atoms with Crippen molar-refractivity contribution in [1.29, 1.82) is 0 Å². The lowest BCUT2D eigenvalue weighted by molar-refractivity contribution is -0.137. The molecule has 1 aromatic carbocycles. The van der Waals surface area contributed by atoms with E-state index in [0.29, 0.717) is 48.5 Å². The zero-order valence-corrected chi connectivity index (χ0v) is 17.2. The first-order valence-corrected chi connectivity index (χ1v) is 10.5. The van der Waals surface area contributed by atoms with Crippen LogP contribution in [0.5, 0.6) is 0 Å². The molecule has 162 valence electrons. The molecule has 7 nitrogen and oxygen atoms in total. The number of thioether (sulfide) groups is 1. The molecular formula is C20H19F3N6OS. The number of alkyl halides is 3. The SMILES string of the molecule is O=C(c1ccccc1CSc1ncn[nH]1)N1CCN(c2ccc(C(F)(F)F)cn2)CC1. The second-order valence-electron chi connectivity index (χ2n) is 6.92. The molecule has 1 amide bonds. The van der Waals surface area contributed by atoms with Crippen molar-refractivity contribution >= 4 is 23.5 Å². The molecule has 1 N–H and O–H groups in total. The van der Waals surface area contributed by atoms with Gasteiger partial charge in [0, 0.05) is 43.7 Å². The minimum Gasteiger partial charge on any atom is -0.353 e. The van der Waals surface area contributed by atoms with Crippen LogP contribution in [0.1, 0.15) is 21.5 Å². The summed E-state index contributed by atoms with van der Waals surface area (Å²) in [5.74, 6) is 0.991. The molecule has 4 rings (SSSR count). The number of hydrogen-bond donors (Lipinski definition) is 1. The highest BCUT2D eigenvalue weighted by molar-refractivity contribution is 7.98. The highest BCUT2D eigenvalue weighted by Gasteiger charge is 2.31. The number of rotatable bonds is 5. The Kier molecular flexibility index (Phi) is 6.12. The molecular weight excluding hydrogens is 429 g/mol. The van der Waals surface area contributed by atoms with Gasteiger partial charge < -0.3 is 9.80 Å². The standard InChI is InChI=1S/C20H19F3N6OS/c21-20(22,23)15-5-6-17(24-11-15)28-7-9-29(10-8-28)18(30)16-4-2-1-3-14(16)12-31-19-25-13-26-27-19/h1-6,11,13H,7-10,12H2,(H,25,26,27). The number of aromatic amines is 1. The zero-order chi connectivity index (χ0) is 21.8. The maximum atomic E-state index is 13.1. The maximum Gasteiger partial charge on any atom is 0.417 e. The molecule has 11 heteroatoms. The van der Waals surface area contributed by atoms with Crippen LogP contribution in [0, 0.1) is 0 Å². The first-order chi connectivity index (χ1) is 14.9. The van der Waals surface area contributed by atoms with E-state index in [-0.39, 0.29) is 5.91 Å². The number of H-pyrrole nitrogens is 1. The maximum absolute atomic E-state index is 13.1. The van der Waals surface area contributed by atoms with Gasteiger partial charge in [-0.1, -0.05) is 30.0 Å². The number of hydrogen-bond acceptors (Lipinski definition) is 6. The Bertz CT molecular complexity index is 1020. The number of halogens is 3. The van der Waals surface area contributed by atoms with Crippen molar-refractivity contribution in [3.63, 3.8) is 0 Å². The zero-order valence-electron chi connectivity index (χ0n) is 16.3. The lowest BCUT2D eigenvalue weighted by Gasteiger charge is -2.35. The van der Waals surface area contributed by atoms with E-state index >= 15 is 0 Å². The van der Waals surface area contributed by atoms with Crippen molar-refractivity contribution in [2.75, 3.05) is 31.1 Å². The second-order valence-corrected chi connectivity index (χ2v) is 7.88. The third-order valence-electron chi connectivity index (χ3n) is 4.97. The second kappa shape index (κ2) is 8.96. The molecule has 0 bridgehead atoms. The van der Waals surface area contributed by atoms with Gasteiger partial charge in [0.15, 0.2) is 5.16 Å². The number of nitrogens with zero attached hydrogens (tertiary/aromatic N) is 5. The molecule has 1 aliphatic rings. The van der Waals surface area contributed by atoms with Gasteiger partial charge in [0.05, 0.1) is 5.56 Å². The molecule has 0 aliphatic carbocycles. The Morgan fingerprint density at radius 2 is 1.84 bits per heavy atom. The van der Waals surface area contributed by atoms with E-state index in [1.165, 1.54) is 24.2 Å². The van der Waals surface area contributed by atoms with Crippen LogP contribution in [0.25, 0.3) is 0 Å². The highest BCUT2D eigenvalue weighted by Crippen LogP contribution is 2.29. The lowest BCUT2D eigenvalue weighted by atomic mass is 10.1. The first-order valence-electron chi connectivity index (χ1n) is 9.55. The van der Waals surface area contributed by atoms with Crippen molar-refractivity contribution in [3.8, 4) is 0 Å². The van der Waals surface area contributed by atoms with Gasteiger partial charge >= 0.3 is 6.18 Å². The number of carbonyl (C=O) groups is 1. The van der Waals surface area contributed by atoms with E-state index in [0.717, 1.165) is 17.8 Å². The van der Waals surface area contributed by atoms with Crippen LogP contribution in [0.2, 0.25) is 0 Å². The van der Waals surface area contributed by atoms with Crippen LogP contribution in [0.3, 0.4) is 0 Å². The third-order valence-corrected chi connectivity index (χ3v) is 5.90. The van der Waals surface area contributed by atoms with Crippen molar-refractivity contribution < 1.29 is 18.0 Å². The van der Waals surface area contributed by atoms with Gasteiger partial charge in [0.1, 0.15) is 12.1 Å². The average Bonchev–Trinajstić information content (AvgIpc) is 3.31. The van der Waals surface area contributed by atoms with Gasteiger partial charge in [0.2, 0.25) is 0 Å². The summed E-state index contributed by atoms with van der Waals surface area (Å²) in [4.78, 5) is 24.8. The quantitative estimate of drug-likeness (QED) is 0.603. The summed E-state index contributed by atoms with van der Waals surface area (Å²) in [5, 5.41) is 7.28. The number of pyridine rings is 1. The highest BCUT2D eigenvalue weighted by atomic mass is 32.2. The van der Waals surface area contributed by atoms with Gasteiger partial charge in [-0.05, 0) is 23.8 Å². The van der Waals surface area contributed by atoms with Gasteiger partial charge in [-0.15, -0.1) is 0 Å². The minimum atomic E-state index is -4.41. The Labute approximate surface area is 180 Å². The topological polar surface area (TPSA) is 78.0 Å². The average molecular weight is 448 g/mol. The van der Waals surface area contributed by atoms with Gasteiger partial charge in [0.25, 0.3) is 5.91 Å². The Morgan fingerprint density at radius 1 is 1.06 bits per heavy atom. The number of amides is 1. The molecule has 2 aromatic heterocycles. The largest absolute Gasteiger partial charge is 0.417 e. The molecule has 1 saturated heterocycles. The summed E-state index contributed by atoms with van der Waals surface area (Å²) in [5.41, 5.74) is 0.765. The Morgan fingerprint density at radius 3 is 2.48 bits per heavy atom. The summed E-state index contributed by atoms with van der Waals surface area (Å²) in [6, 6.07) is 9.85. The Balaban J connectivity index is 1.38. The van der Waals surface area contributed by atoms with E-state index in [2.05, 4.69) is 20.2 Å². The predicted molar refractivity (Wildman–Crippen MR) is 110 cm³/mol. The van der Waals surface area contributed by atoms with E-state index in [1.54, 1.807) is 4.90 Å². The molecule has 0 saturated carbocycles. The normalized spacial score (nSPS) is 14.7. The number of nitrogens with one attached hydrogen (secondary N) is 1. The molecule has 0 atom stereocenters. The molecule has 3 aromatic rings. The summed E-state index contributed by atoms with van der Waals surface area (Å²) < 4.78 is 38.2. The molecule has 0 radical (unpaired) electrons. The van der Waals surface area contributed by atoms with E-state index < -0.39 is 11.7 Å². The van der Waals surface area contributed by atoms with Crippen molar-refractivity contribution in [3.05, 3.63) is 65.6 Å². The van der Waals surface area contributed by atoms with Crippen LogP contribution >= 0.6 is 11.8 Å². The number of anilines is 1. The summed E-state index contributed by atoms with van der Waals surface area (Å²) in [6.45, 7) is 1.93. The number of aromatic nitrogens is 4. The third kappa shape index (κ3) is 4.98. The lowest BCUT2D eigenvalue weighted by Crippen LogP contribution is -2.49. The molecule has 31 heavy (non-hydrogen) atoms. The van der Waals surface area contributed by atoms with Crippen molar-refractivity contribution in [2.24, 2.45) is 0 Å². The van der Waals surface area contributed by atoms with Crippen LogP contribution in [0.4, 0.5) is 19.0 Å². The van der Waals surface area contributed by atoms with E-state index in [1.807, 2.05) is 29.2 Å². The van der Waals surface area contributed by atoms with E-state index in [4.69, 9.17) is 0 Å². The van der Waals surface area contributed by atoms with Crippen LogP contribution in [0.15, 0.2) is 54.1 Å². The van der Waals surface area contributed by atoms with Gasteiger partial charge in [-0.3, -0.25) is 9.89 Å². The molecule has 0 spiro atoms. The Hall–Kier alpha value is -3.08. The smallest absolute Gasteiger partial charge is 0.353 e. The fourth-order valence-electron chi connectivity index (χ4n) is 3.31. The molecule has 1 aliphatic heterocycles. The molecule has 1 fully saturated rings. The van der Waals surface area contributed by atoms with Crippen LogP contribution in [-0.4, -0.2) is 57.2 Å². The van der Waals surface area contributed by atoms with E-state index in [9.17, 15) is 18.0 Å². The van der Waals surface area contributed by atoms with Crippen molar-refractivity contribution in [2.45, 2.75) is 17.1 Å². The number of carbonyl (C=O) groups excluding carboxylic acids is 1. The first kappa shape index (κ1) is 21.2.